The van der Waals surface area contributed by atoms with Gasteiger partial charge in [-0.2, -0.15) is 0 Å². The molecule has 0 aliphatic carbocycles. The van der Waals surface area contributed by atoms with Crippen LogP contribution in [0.3, 0.4) is 0 Å². The van der Waals surface area contributed by atoms with Crippen LogP contribution in [0.4, 0.5) is 11.4 Å². The van der Waals surface area contributed by atoms with E-state index in [0.29, 0.717) is 10.0 Å². The molecule has 2 nitrogen and oxygen atoms in total. The summed E-state index contributed by atoms with van der Waals surface area (Å²) < 4.78 is 0. The van der Waals surface area contributed by atoms with Crippen molar-refractivity contribution in [2.75, 3.05) is 17.7 Å². The molecule has 0 fully saturated rings. The zero-order valence-corrected chi connectivity index (χ0v) is 14.2. The van der Waals surface area contributed by atoms with E-state index in [9.17, 15) is 0 Å². The van der Waals surface area contributed by atoms with Crippen LogP contribution in [0.25, 0.3) is 0 Å². The monoisotopic (exact) mass is 338 g/mol. The average Bonchev–Trinajstić information content (AvgIpc) is 2.47. The number of rotatable bonds is 3. The van der Waals surface area contributed by atoms with Crippen LogP contribution in [0.5, 0.6) is 0 Å². The minimum absolute atomic E-state index is 0.587. The summed E-state index contributed by atoms with van der Waals surface area (Å²) in [5.41, 5.74) is 1.87. The Hall–Kier alpha value is -1.16. The largest absolute Gasteiger partial charge is 0.321 e. The van der Waals surface area contributed by atoms with Gasteiger partial charge in [-0.05, 0) is 43.5 Å². The number of aliphatic imine (C=N–C) groups is 1. The van der Waals surface area contributed by atoms with Gasteiger partial charge in [0.15, 0.2) is 5.17 Å². The maximum atomic E-state index is 6.03. The molecular weight excluding hydrogens is 323 g/mol. The van der Waals surface area contributed by atoms with E-state index in [4.69, 9.17) is 23.2 Å². The molecule has 21 heavy (non-hydrogen) atoms. The number of amidine groups is 1. The highest BCUT2D eigenvalue weighted by atomic mass is 35.5. The van der Waals surface area contributed by atoms with Gasteiger partial charge in [-0.1, -0.05) is 53.2 Å². The molecule has 0 amide bonds. The number of benzene rings is 2. The predicted octanol–water partition coefficient (Wildman–Crippen LogP) is 5.87. The first-order valence-corrected chi connectivity index (χ1v) is 8.53. The van der Waals surface area contributed by atoms with Crippen molar-refractivity contribution in [1.82, 2.24) is 0 Å². The number of anilines is 1. The second-order valence-electron chi connectivity index (χ2n) is 4.31. The van der Waals surface area contributed by atoms with Gasteiger partial charge in [0.1, 0.15) is 0 Å². The Morgan fingerprint density at radius 1 is 1.10 bits per heavy atom. The van der Waals surface area contributed by atoms with Crippen LogP contribution in [0.15, 0.2) is 53.5 Å². The molecule has 0 spiro atoms. The molecule has 2 rings (SSSR count). The van der Waals surface area contributed by atoms with E-state index < -0.39 is 0 Å². The lowest BCUT2D eigenvalue weighted by atomic mass is 10.3. The summed E-state index contributed by atoms with van der Waals surface area (Å²) >= 11 is 13.7. The molecule has 0 saturated heterocycles. The number of para-hydroxylation sites is 1. The highest BCUT2D eigenvalue weighted by Gasteiger charge is 2.11. The van der Waals surface area contributed by atoms with Gasteiger partial charge in [0.05, 0.1) is 5.69 Å². The molecule has 2 aromatic rings. The lowest BCUT2D eigenvalue weighted by molar-refractivity contribution is 1.07. The number of thioether (sulfide) groups is 1. The lowest BCUT2D eigenvalue weighted by Gasteiger charge is -2.23. The van der Waals surface area contributed by atoms with Crippen LogP contribution in [-0.2, 0) is 0 Å². The highest BCUT2D eigenvalue weighted by Crippen LogP contribution is 2.27. The van der Waals surface area contributed by atoms with Crippen molar-refractivity contribution >= 4 is 51.5 Å². The van der Waals surface area contributed by atoms with Crippen LogP contribution >= 0.6 is 35.0 Å². The fourth-order valence-electron chi connectivity index (χ4n) is 1.97. The molecule has 0 aliphatic rings. The van der Waals surface area contributed by atoms with Gasteiger partial charge in [0.2, 0.25) is 0 Å². The molecule has 0 saturated carbocycles. The van der Waals surface area contributed by atoms with E-state index in [0.717, 1.165) is 23.1 Å². The first kappa shape index (κ1) is 16.2. The van der Waals surface area contributed by atoms with E-state index in [1.165, 1.54) is 0 Å². The van der Waals surface area contributed by atoms with Crippen LogP contribution in [0, 0.1) is 0 Å². The minimum Gasteiger partial charge on any atom is -0.321 e. The first-order valence-electron chi connectivity index (χ1n) is 6.55. The molecule has 5 heteroatoms. The van der Waals surface area contributed by atoms with Crippen LogP contribution < -0.4 is 4.90 Å². The van der Waals surface area contributed by atoms with Crippen molar-refractivity contribution in [3.8, 4) is 0 Å². The van der Waals surface area contributed by atoms with Gasteiger partial charge in [0, 0.05) is 22.3 Å². The number of hydrogen-bond acceptors (Lipinski definition) is 2. The Morgan fingerprint density at radius 3 is 2.24 bits per heavy atom. The van der Waals surface area contributed by atoms with Gasteiger partial charge in [-0.15, -0.1) is 0 Å². The average molecular weight is 339 g/mol. The molecule has 2 aromatic carbocycles. The van der Waals surface area contributed by atoms with Crippen molar-refractivity contribution in [3.63, 3.8) is 0 Å². The first-order chi connectivity index (χ1) is 10.1. The highest BCUT2D eigenvalue weighted by molar-refractivity contribution is 8.13. The number of halogens is 2. The third-order valence-electron chi connectivity index (χ3n) is 2.87. The van der Waals surface area contributed by atoms with Crippen molar-refractivity contribution in [1.29, 1.82) is 0 Å². The third kappa shape index (κ3) is 4.40. The smallest absolute Gasteiger partial charge is 0.168 e. The van der Waals surface area contributed by atoms with E-state index in [2.05, 4.69) is 28.9 Å². The predicted molar refractivity (Wildman–Crippen MR) is 96.5 cm³/mol. The third-order valence-corrected chi connectivity index (χ3v) is 3.98. The van der Waals surface area contributed by atoms with Gasteiger partial charge < -0.3 is 4.90 Å². The molecule has 0 radical (unpaired) electrons. The second kappa shape index (κ2) is 7.74. The maximum Gasteiger partial charge on any atom is 0.168 e. The molecule has 0 bridgehead atoms. The van der Waals surface area contributed by atoms with Crippen molar-refractivity contribution in [3.05, 3.63) is 58.6 Å². The van der Waals surface area contributed by atoms with E-state index >= 15 is 0 Å². The summed E-state index contributed by atoms with van der Waals surface area (Å²) in [5.74, 6) is 0. The molecule has 0 atom stereocenters. The quantitative estimate of drug-likeness (QED) is 0.513. The van der Waals surface area contributed by atoms with Gasteiger partial charge >= 0.3 is 0 Å². The molecule has 0 N–H and O–H groups in total. The fraction of sp³-hybridized carbons (Fsp3) is 0.188. The molecule has 0 heterocycles. The van der Waals surface area contributed by atoms with E-state index in [1.54, 1.807) is 17.8 Å². The Kier molecular flexibility index (Phi) is 5.97. The van der Waals surface area contributed by atoms with E-state index in [1.807, 2.05) is 36.6 Å². The van der Waals surface area contributed by atoms with Crippen LogP contribution in [0.1, 0.15) is 6.92 Å². The zero-order valence-electron chi connectivity index (χ0n) is 11.9. The van der Waals surface area contributed by atoms with Gasteiger partial charge in [-0.25, -0.2) is 4.99 Å². The maximum absolute atomic E-state index is 6.03. The molecule has 0 unspecified atom stereocenters. The summed E-state index contributed by atoms with van der Waals surface area (Å²) in [6.07, 6.45) is 2.01. The standard InChI is InChI=1S/C16H16Cl2N2S/c1-3-20(15-7-5-4-6-8-15)16(21-2)19-14-10-12(17)9-13(18)11-14/h4-11H,3H2,1-2H3. The molecular formula is C16H16Cl2N2S. The second-order valence-corrected chi connectivity index (χ2v) is 5.95. The summed E-state index contributed by atoms with van der Waals surface area (Å²) in [7, 11) is 0. The Morgan fingerprint density at radius 2 is 1.71 bits per heavy atom. The molecule has 0 aliphatic heterocycles. The number of hydrogen-bond donors (Lipinski definition) is 0. The fourth-order valence-corrected chi connectivity index (χ4v) is 3.13. The summed E-state index contributed by atoms with van der Waals surface area (Å²) in [5, 5.41) is 2.08. The van der Waals surface area contributed by atoms with E-state index in [-0.39, 0.29) is 0 Å². The SMILES string of the molecule is CCN(C(=Nc1cc(Cl)cc(Cl)c1)SC)c1ccccc1. The van der Waals surface area contributed by atoms with Gasteiger partial charge in [0.25, 0.3) is 0 Å². The zero-order chi connectivity index (χ0) is 15.2. The number of nitrogens with zero attached hydrogens (tertiary/aromatic N) is 2. The van der Waals surface area contributed by atoms with Crippen LogP contribution in [-0.4, -0.2) is 18.0 Å². The van der Waals surface area contributed by atoms with Crippen molar-refractivity contribution in [2.24, 2.45) is 4.99 Å². The Bertz CT molecular complexity index is 609. The normalized spacial score (nSPS) is 11.5. The van der Waals surface area contributed by atoms with Crippen molar-refractivity contribution in [2.45, 2.75) is 6.92 Å². The van der Waals surface area contributed by atoms with Gasteiger partial charge in [-0.3, -0.25) is 0 Å². The van der Waals surface area contributed by atoms with Crippen molar-refractivity contribution < 1.29 is 0 Å². The summed E-state index contributed by atoms with van der Waals surface area (Å²) in [4.78, 5) is 6.84. The summed E-state index contributed by atoms with van der Waals surface area (Å²) in [6.45, 7) is 2.93. The molecule has 110 valence electrons. The summed E-state index contributed by atoms with van der Waals surface area (Å²) in [6, 6.07) is 15.5. The Labute approximate surface area is 139 Å². The van der Waals surface area contributed by atoms with Crippen LogP contribution in [0.2, 0.25) is 10.0 Å². The topological polar surface area (TPSA) is 15.6 Å². The molecule has 0 aromatic heterocycles. The minimum atomic E-state index is 0.587. The lowest BCUT2D eigenvalue weighted by Crippen LogP contribution is -2.27. The Balaban J connectivity index is 2.39.